The molecular weight excluding hydrogens is 354 g/mol. The third kappa shape index (κ3) is 3.61. The van der Waals surface area contributed by atoms with E-state index in [9.17, 15) is 19.5 Å². The molecule has 1 aliphatic carbocycles. The maximum Gasteiger partial charge on any atom is 0.407 e. The molecule has 0 saturated carbocycles. The minimum absolute atomic E-state index is 0.0602. The number of amides is 1. The third-order valence-electron chi connectivity index (χ3n) is 4.45. The van der Waals surface area contributed by atoms with E-state index in [0.717, 1.165) is 22.3 Å². The molecule has 27 heavy (non-hydrogen) atoms. The van der Waals surface area contributed by atoms with Crippen molar-refractivity contribution in [2.45, 2.75) is 18.1 Å². The minimum atomic E-state index is -2.29. The zero-order valence-electron chi connectivity index (χ0n) is 14.0. The Morgan fingerprint density at radius 1 is 0.926 bits per heavy atom. The molecule has 0 bridgehead atoms. The molecule has 0 fully saturated rings. The van der Waals surface area contributed by atoms with E-state index in [1.165, 1.54) is 0 Å². The highest BCUT2D eigenvalue weighted by molar-refractivity contribution is 5.87. The number of carboxylic acid groups (broad SMARTS) is 2. The van der Waals surface area contributed by atoms with Crippen LogP contribution < -0.4 is 5.32 Å². The van der Waals surface area contributed by atoms with Crippen molar-refractivity contribution < 1.29 is 34.4 Å². The number of alkyl carbamates (subject to hydrolysis) is 1. The number of aliphatic hydroxyl groups is 1. The molecule has 3 rings (SSSR count). The van der Waals surface area contributed by atoms with Gasteiger partial charge >= 0.3 is 18.0 Å². The van der Waals surface area contributed by atoms with Crippen LogP contribution in [0.5, 0.6) is 0 Å². The number of aliphatic hydroxyl groups excluding tert-OH is 1. The predicted octanol–water partition coefficient (Wildman–Crippen LogP) is 1.42. The second kappa shape index (κ2) is 7.46. The fraction of sp³-hybridized carbons (Fsp3) is 0.211. The third-order valence-corrected chi connectivity index (χ3v) is 4.45. The van der Waals surface area contributed by atoms with E-state index < -0.39 is 30.2 Å². The van der Waals surface area contributed by atoms with Crippen LogP contribution in [0.1, 0.15) is 17.0 Å². The quantitative estimate of drug-likeness (QED) is 0.603. The van der Waals surface area contributed by atoms with Gasteiger partial charge in [-0.1, -0.05) is 48.5 Å². The van der Waals surface area contributed by atoms with Crippen LogP contribution in [0.15, 0.2) is 48.5 Å². The molecule has 8 nitrogen and oxygen atoms in total. The molecule has 8 heteroatoms. The number of nitrogens with one attached hydrogen (secondary N) is 1. The molecular formula is C19H17NO7. The molecule has 0 aromatic heterocycles. The molecule has 2 aromatic rings. The Balaban J connectivity index is 1.72. The number of carboxylic acids is 2. The number of hydrogen-bond donors (Lipinski definition) is 4. The van der Waals surface area contributed by atoms with Gasteiger partial charge in [0.25, 0.3) is 0 Å². The average Bonchev–Trinajstić information content (AvgIpc) is 2.97. The first-order chi connectivity index (χ1) is 12.9. The summed E-state index contributed by atoms with van der Waals surface area (Å²) in [6, 6.07) is 13.4. The van der Waals surface area contributed by atoms with Crippen molar-refractivity contribution >= 4 is 18.0 Å². The van der Waals surface area contributed by atoms with Crippen molar-refractivity contribution in [3.63, 3.8) is 0 Å². The van der Waals surface area contributed by atoms with Gasteiger partial charge in [0.05, 0.1) is 0 Å². The minimum Gasteiger partial charge on any atom is -0.480 e. The summed E-state index contributed by atoms with van der Waals surface area (Å²) in [6.07, 6.45) is -3.41. The zero-order valence-corrected chi connectivity index (χ0v) is 14.0. The lowest BCUT2D eigenvalue weighted by molar-refractivity contribution is -0.155. The van der Waals surface area contributed by atoms with Crippen LogP contribution in [0.2, 0.25) is 0 Å². The summed E-state index contributed by atoms with van der Waals surface area (Å²) < 4.78 is 5.13. The van der Waals surface area contributed by atoms with E-state index in [-0.39, 0.29) is 12.5 Å². The predicted molar refractivity (Wildman–Crippen MR) is 93.3 cm³/mol. The number of hydrogen-bond acceptors (Lipinski definition) is 5. The van der Waals surface area contributed by atoms with Gasteiger partial charge in [-0.15, -0.1) is 0 Å². The molecule has 0 heterocycles. The Bertz CT molecular complexity index is 850. The van der Waals surface area contributed by atoms with Gasteiger partial charge in [0.2, 0.25) is 0 Å². The number of ether oxygens (including phenoxy) is 1. The molecule has 0 radical (unpaired) electrons. The van der Waals surface area contributed by atoms with E-state index in [4.69, 9.17) is 14.9 Å². The average molecular weight is 371 g/mol. The first-order valence-corrected chi connectivity index (χ1v) is 8.15. The van der Waals surface area contributed by atoms with Crippen molar-refractivity contribution in [3.8, 4) is 11.1 Å². The van der Waals surface area contributed by atoms with Gasteiger partial charge in [0.1, 0.15) is 6.61 Å². The van der Waals surface area contributed by atoms with Crippen LogP contribution in [0.3, 0.4) is 0 Å². The molecule has 2 atom stereocenters. The number of carbonyl (C=O) groups is 3. The lowest BCUT2D eigenvalue weighted by Gasteiger charge is -2.19. The molecule has 0 unspecified atom stereocenters. The monoisotopic (exact) mass is 371 g/mol. The van der Waals surface area contributed by atoms with Crippen LogP contribution >= 0.6 is 0 Å². The van der Waals surface area contributed by atoms with Gasteiger partial charge in [0, 0.05) is 5.92 Å². The zero-order chi connectivity index (χ0) is 19.6. The smallest absolute Gasteiger partial charge is 0.407 e. The second-order valence-corrected chi connectivity index (χ2v) is 6.07. The summed E-state index contributed by atoms with van der Waals surface area (Å²) in [6.45, 7) is -0.0602. The fourth-order valence-electron chi connectivity index (χ4n) is 3.19. The Hall–Kier alpha value is -3.39. The lowest BCUT2D eigenvalue weighted by Crippen LogP contribution is -2.52. The van der Waals surface area contributed by atoms with Crippen LogP contribution in [-0.2, 0) is 14.3 Å². The van der Waals surface area contributed by atoms with Crippen LogP contribution in [0, 0.1) is 0 Å². The molecule has 2 aromatic carbocycles. The standard InChI is InChI=1S/C19H17NO7/c21-16(18(24)25)15(17(22)23)20-19(26)27-9-14-12-7-3-1-5-10(12)11-6-2-4-8-13(11)14/h1-8,14-16,21H,9H2,(H,20,26)(H,22,23)(H,24,25)/t15-,16-/m1/s1. The Morgan fingerprint density at radius 2 is 1.44 bits per heavy atom. The number of aliphatic carboxylic acids is 2. The van der Waals surface area contributed by atoms with Crippen LogP contribution in [-0.4, -0.2) is 52.1 Å². The lowest BCUT2D eigenvalue weighted by atomic mass is 9.98. The van der Waals surface area contributed by atoms with E-state index in [1.807, 2.05) is 53.8 Å². The Morgan fingerprint density at radius 3 is 1.93 bits per heavy atom. The van der Waals surface area contributed by atoms with Crippen molar-refractivity contribution in [2.75, 3.05) is 6.61 Å². The molecule has 1 amide bonds. The highest BCUT2D eigenvalue weighted by Gasteiger charge is 2.35. The summed E-state index contributed by atoms with van der Waals surface area (Å²) >= 11 is 0. The summed E-state index contributed by atoms with van der Waals surface area (Å²) in [7, 11) is 0. The maximum absolute atomic E-state index is 12.0. The van der Waals surface area contributed by atoms with Crippen molar-refractivity contribution in [3.05, 3.63) is 59.7 Å². The van der Waals surface area contributed by atoms with Crippen LogP contribution in [0.4, 0.5) is 4.79 Å². The number of rotatable bonds is 6. The molecule has 0 spiro atoms. The largest absolute Gasteiger partial charge is 0.480 e. The normalized spacial score (nSPS) is 14.6. The van der Waals surface area contributed by atoms with Crippen molar-refractivity contribution in [2.24, 2.45) is 0 Å². The highest BCUT2D eigenvalue weighted by atomic mass is 16.5. The van der Waals surface area contributed by atoms with E-state index in [0.29, 0.717) is 0 Å². The topological polar surface area (TPSA) is 133 Å². The van der Waals surface area contributed by atoms with Crippen molar-refractivity contribution in [1.29, 1.82) is 0 Å². The highest BCUT2D eigenvalue weighted by Crippen LogP contribution is 2.44. The summed E-state index contributed by atoms with van der Waals surface area (Å²) in [4.78, 5) is 33.8. The van der Waals surface area contributed by atoms with Gasteiger partial charge in [-0.25, -0.2) is 14.4 Å². The Kier molecular flexibility index (Phi) is 5.09. The molecule has 1 aliphatic rings. The van der Waals surface area contributed by atoms with Gasteiger partial charge in [-0.2, -0.15) is 0 Å². The van der Waals surface area contributed by atoms with E-state index in [1.54, 1.807) is 0 Å². The molecule has 140 valence electrons. The number of carbonyl (C=O) groups excluding carboxylic acids is 1. The van der Waals surface area contributed by atoms with Crippen LogP contribution in [0.25, 0.3) is 11.1 Å². The van der Waals surface area contributed by atoms with Gasteiger partial charge in [-0.3, -0.25) is 0 Å². The van der Waals surface area contributed by atoms with Gasteiger partial charge in [-0.05, 0) is 22.3 Å². The first-order valence-electron chi connectivity index (χ1n) is 8.15. The summed E-state index contributed by atoms with van der Waals surface area (Å²) in [5, 5.41) is 29.0. The SMILES string of the molecule is O=C(N[C@@H](C(=O)O)[C@@H](O)C(=O)O)OCC1c2ccccc2-c2ccccc21. The number of fused-ring (bicyclic) bond motifs is 3. The van der Waals surface area contributed by atoms with Gasteiger partial charge < -0.3 is 25.4 Å². The molecule has 4 N–H and O–H groups in total. The second-order valence-electron chi connectivity index (χ2n) is 6.07. The van der Waals surface area contributed by atoms with Crippen molar-refractivity contribution in [1.82, 2.24) is 5.32 Å². The fourth-order valence-corrected chi connectivity index (χ4v) is 3.19. The summed E-state index contributed by atoms with van der Waals surface area (Å²) in [5.74, 6) is -3.67. The Labute approximate surface area is 154 Å². The molecule has 0 saturated heterocycles. The maximum atomic E-state index is 12.0. The summed E-state index contributed by atoms with van der Waals surface area (Å²) in [5.41, 5.74) is 4.03. The molecule has 0 aliphatic heterocycles. The van der Waals surface area contributed by atoms with E-state index >= 15 is 0 Å². The first kappa shape index (κ1) is 18.4. The number of benzene rings is 2. The van der Waals surface area contributed by atoms with E-state index in [2.05, 4.69) is 0 Å². The van der Waals surface area contributed by atoms with Gasteiger partial charge in [0.15, 0.2) is 12.1 Å².